The molecule has 0 heterocycles. The third-order valence-electron chi connectivity index (χ3n) is 5.31. The van der Waals surface area contributed by atoms with E-state index in [2.05, 4.69) is 0 Å². The first kappa shape index (κ1) is 28.2. The minimum atomic E-state index is -4.99. The van der Waals surface area contributed by atoms with Crippen LogP contribution in [0.3, 0.4) is 0 Å². The van der Waals surface area contributed by atoms with Gasteiger partial charge in [0.25, 0.3) is 0 Å². The van der Waals surface area contributed by atoms with Crippen molar-refractivity contribution in [3.8, 4) is 5.75 Å². The molecule has 37 heavy (non-hydrogen) atoms. The first-order chi connectivity index (χ1) is 17.2. The lowest BCUT2D eigenvalue weighted by Gasteiger charge is -2.29. The van der Waals surface area contributed by atoms with Gasteiger partial charge in [0.15, 0.2) is 6.10 Å². The van der Waals surface area contributed by atoms with Gasteiger partial charge in [-0.3, -0.25) is 0 Å². The number of alkyl halides is 6. The van der Waals surface area contributed by atoms with Gasteiger partial charge in [-0.05, 0) is 60.0 Å². The maximum absolute atomic E-state index is 14.2. The highest BCUT2D eigenvalue weighted by molar-refractivity contribution is 5.51. The first-order valence-corrected chi connectivity index (χ1v) is 10.8. The molecule has 3 aromatic carbocycles. The fourth-order valence-corrected chi connectivity index (χ4v) is 3.47. The average Bonchev–Trinajstić information content (AvgIpc) is 2.79. The lowest BCUT2D eigenvalue weighted by Crippen LogP contribution is -2.42. The Morgan fingerprint density at radius 2 is 1.51 bits per heavy atom. The molecule has 0 spiro atoms. The predicted molar refractivity (Wildman–Crippen MR) is 117 cm³/mol. The van der Waals surface area contributed by atoms with Crippen LogP contribution < -0.4 is 9.64 Å². The number of nitrogens with zero attached hydrogens (tertiary/aromatic N) is 1. The summed E-state index contributed by atoms with van der Waals surface area (Å²) in [4.78, 5) is 1.02. The Bertz CT molecular complexity index is 1190. The molecule has 0 aliphatic rings. The Labute approximate surface area is 205 Å². The zero-order valence-electron chi connectivity index (χ0n) is 18.9. The molecule has 12 heteroatoms. The van der Waals surface area contributed by atoms with Crippen molar-refractivity contribution < 1.29 is 49.4 Å². The van der Waals surface area contributed by atoms with Gasteiger partial charge in [-0.1, -0.05) is 6.07 Å². The summed E-state index contributed by atoms with van der Waals surface area (Å²) in [7, 11) is 0. The maximum Gasteiger partial charge on any atom is 0.416 e. The third-order valence-corrected chi connectivity index (χ3v) is 5.31. The Hall–Kier alpha value is -3.41. The topological polar surface area (TPSA) is 32.7 Å². The second-order valence-corrected chi connectivity index (χ2v) is 8.12. The summed E-state index contributed by atoms with van der Waals surface area (Å²) < 4.78 is 125. The zero-order chi connectivity index (χ0) is 27.4. The summed E-state index contributed by atoms with van der Waals surface area (Å²) in [5.74, 6) is -2.54. The highest BCUT2D eigenvalue weighted by Crippen LogP contribution is 2.31. The van der Waals surface area contributed by atoms with Crippen LogP contribution in [0.4, 0.5) is 45.2 Å². The molecule has 0 fully saturated rings. The largest absolute Gasteiger partial charge is 0.489 e. The Kier molecular flexibility index (Phi) is 8.62. The van der Waals surface area contributed by atoms with Gasteiger partial charge in [-0.2, -0.15) is 26.3 Å². The van der Waals surface area contributed by atoms with E-state index in [1.165, 1.54) is 24.3 Å². The van der Waals surface area contributed by atoms with Crippen LogP contribution in [0.1, 0.15) is 16.7 Å². The summed E-state index contributed by atoms with van der Waals surface area (Å²) >= 11 is 0. The van der Waals surface area contributed by atoms with Gasteiger partial charge >= 0.3 is 12.4 Å². The van der Waals surface area contributed by atoms with Gasteiger partial charge in [0, 0.05) is 24.4 Å². The number of aliphatic hydroxyl groups is 1. The van der Waals surface area contributed by atoms with Crippen LogP contribution >= 0.6 is 0 Å². The zero-order valence-corrected chi connectivity index (χ0v) is 18.9. The van der Waals surface area contributed by atoms with E-state index in [9.17, 15) is 44.6 Å². The summed E-state index contributed by atoms with van der Waals surface area (Å²) in [6.07, 6.45) is -13.0. The van der Waals surface area contributed by atoms with E-state index in [4.69, 9.17) is 4.74 Å². The smallest absolute Gasteiger partial charge is 0.416 e. The predicted octanol–water partition coefficient (Wildman–Crippen LogP) is 6.67. The second kappa shape index (κ2) is 11.3. The standard InChI is InChI=1S/C25H20F9NO2/c26-18-8-15(9-19(27)11-18)14-37-21-3-1-2-20(12-21)35(13-23(36)25(32,33)34)7-6-16-10-17(24(29,30)31)4-5-22(16)28/h1-5,8-12,23,36H,6-7,13-14H2. The number of halogens is 9. The minimum absolute atomic E-state index is 0.0820. The quantitative estimate of drug-likeness (QED) is 0.310. The molecule has 3 rings (SSSR count). The molecule has 0 aromatic heterocycles. The van der Waals surface area contributed by atoms with E-state index in [1.54, 1.807) is 0 Å². The molecule has 200 valence electrons. The highest BCUT2D eigenvalue weighted by atomic mass is 19.4. The Morgan fingerprint density at radius 3 is 2.14 bits per heavy atom. The SMILES string of the molecule is OC(CN(CCc1cc(C(F)(F)F)ccc1F)c1cccc(OCc2cc(F)cc(F)c2)c1)C(F)(F)F. The summed E-state index contributed by atoms with van der Waals surface area (Å²) in [6.45, 7) is -1.66. The molecule has 3 nitrogen and oxygen atoms in total. The summed E-state index contributed by atoms with van der Waals surface area (Å²) in [6, 6.07) is 9.93. The number of hydrogen-bond acceptors (Lipinski definition) is 3. The van der Waals surface area contributed by atoms with E-state index in [1.807, 2.05) is 0 Å². The van der Waals surface area contributed by atoms with Gasteiger partial charge in [0.05, 0.1) is 12.1 Å². The summed E-state index contributed by atoms with van der Waals surface area (Å²) in [5, 5.41) is 9.60. The molecule has 0 saturated heterocycles. The molecule has 0 aliphatic heterocycles. The second-order valence-electron chi connectivity index (χ2n) is 8.12. The summed E-state index contributed by atoms with van der Waals surface area (Å²) in [5.41, 5.74) is -1.26. The number of benzene rings is 3. The van der Waals surface area contributed by atoms with Crippen LogP contribution in [0.5, 0.6) is 5.75 Å². The number of hydrogen-bond donors (Lipinski definition) is 1. The molecular weight excluding hydrogens is 517 g/mol. The van der Waals surface area contributed by atoms with Crippen LogP contribution in [0.25, 0.3) is 0 Å². The van der Waals surface area contributed by atoms with Crippen molar-refractivity contribution in [3.05, 3.63) is 94.8 Å². The molecule has 0 amide bonds. The van der Waals surface area contributed by atoms with Gasteiger partial charge in [-0.25, -0.2) is 13.2 Å². The van der Waals surface area contributed by atoms with Crippen LogP contribution in [-0.4, -0.2) is 30.5 Å². The molecule has 1 N–H and O–H groups in total. The fourth-order valence-electron chi connectivity index (χ4n) is 3.47. The normalized spacial score (nSPS) is 12.9. The van der Waals surface area contributed by atoms with E-state index >= 15 is 0 Å². The van der Waals surface area contributed by atoms with Crippen molar-refractivity contribution in [2.45, 2.75) is 31.5 Å². The molecule has 3 aromatic rings. The molecule has 0 radical (unpaired) electrons. The van der Waals surface area contributed by atoms with Gasteiger partial charge in [0.1, 0.15) is 29.8 Å². The molecule has 1 atom stereocenters. The average molecular weight is 537 g/mol. The molecule has 1 unspecified atom stereocenters. The van der Waals surface area contributed by atoms with E-state index in [0.29, 0.717) is 24.3 Å². The number of ether oxygens (including phenoxy) is 1. The van der Waals surface area contributed by atoms with Crippen molar-refractivity contribution in [2.24, 2.45) is 0 Å². The van der Waals surface area contributed by atoms with E-state index < -0.39 is 54.4 Å². The third kappa shape index (κ3) is 8.04. The van der Waals surface area contributed by atoms with Crippen LogP contribution in [0, 0.1) is 17.5 Å². The Balaban J connectivity index is 1.82. The van der Waals surface area contributed by atoms with Crippen molar-refractivity contribution in [1.82, 2.24) is 0 Å². The Morgan fingerprint density at radius 1 is 0.838 bits per heavy atom. The molecule has 0 bridgehead atoms. The first-order valence-electron chi connectivity index (χ1n) is 10.8. The lowest BCUT2D eigenvalue weighted by molar-refractivity contribution is -0.200. The van der Waals surface area contributed by atoms with E-state index in [-0.39, 0.29) is 35.7 Å². The van der Waals surface area contributed by atoms with Crippen LogP contribution in [0.2, 0.25) is 0 Å². The number of rotatable bonds is 9. The molecular formula is C25H20F9NO2. The van der Waals surface area contributed by atoms with Crippen molar-refractivity contribution >= 4 is 5.69 Å². The van der Waals surface area contributed by atoms with Gasteiger partial charge < -0.3 is 14.7 Å². The van der Waals surface area contributed by atoms with Crippen molar-refractivity contribution in [2.75, 3.05) is 18.0 Å². The molecule has 0 saturated carbocycles. The lowest BCUT2D eigenvalue weighted by atomic mass is 10.1. The van der Waals surface area contributed by atoms with E-state index in [0.717, 1.165) is 17.0 Å². The minimum Gasteiger partial charge on any atom is -0.489 e. The van der Waals surface area contributed by atoms with Crippen molar-refractivity contribution in [3.63, 3.8) is 0 Å². The number of anilines is 1. The van der Waals surface area contributed by atoms with Gasteiger partial charge in [-0.15, -0.1) is 0 Å². The number of aliphatic hydroxyl groups excluding tert-OH is 1. The molecule has 0 aliphatic carbocycles. The van der Waals surface area contributed by atoms with Crippen LogP contribution in [0.15, 0.2) is 60.7 Å². The van der Waals surface area contributed by atoms with Crippen LogP contribution in [-0.2, 0) is 19.2 Å². The van der Waals surface area contributed by atoms with Crippen molar-refractivity contribution in [1.29, 1.82) is 0 Å². The van der Waals surface area contributed by atoms with Gasteiger partial charge in [0.2, 0.25) is 0 Å². The maximum atomic E-state index is 14.2. The highest BCUT2D eigenvalue weighted by Gasteiger charge is 2.39. The monoisotopic (exact) mass is 537 g/mol. The fraction of sp³-hybridized carbons (Fsp3) is 0.280.